The van der Waals surface area contributed by atoms with Gasteiger partial charge in [-0.1, -0.05) is 0 Å². The van der Waals surface area contributed by atoms with Gasteiger partial charge in [-0.05, 0) is 42.0 Å². The molecule has 0 aliphatic carbocycles. The summed E-state index contributed by atoms with van der Waals surface area (Å²) in [6.07, 6.45) is 6.27. The smallest absolute Gasteiger partial charge is 0.254 e. The predicted molar refractivity (Wildman–Crippen MR) is 101 cm³/mol. The lowest BCUT2D eigenvalue weighted by Gasteiger charge is -2.08. The summed E-state index contributed by atoms with van der Waals surface area (Å²) >= 11 is 0. The monoisotopic (exact) mass is 362 g/mol. The first-order valence-corrected chi connectivity index (χ1v) is 8.24. The largest absolute Gasteiger partial charge is 0.348 e. The highest BCUT2D eigenvalue weighted by molar-refractivity contribution is 5.93. The molecule has 8 nitrogen and oxygen atoms in total. The van der Waals surface area contributed by atoms with Gasteiger partial charge in [0.05, 0.1) is 5.56 Å². The highest BCUT2D eigenvalue weighted by Crippen LogP contribution is 2.16. The molecule has 27 heavy (non-hydrogen) atoms. The molecule has 0 atom stereocenters. The lowest BCUT2D eigenvalue weighted by Crippen LogP contribution is -2.23. The summed E-state index contributed by atoms with van der Waals surface area (Å²) in [5.41, 5.74) is 2.80. The first-order chi connectivity index (χ1) is 13.1. The molecule has 3 N–H and O–H groups in total. The van der Waals surface area contributed by atoms with Gasteiger partial charge in [0, 0.05) is 49.6 Å². The Kier molecular flexibility index (Phi) is 5.68. The molecule has 1 aromatic carbocycles. The van der Waals surface area contributed by atoms with Gasteiger partial charge >= 0.3 is 0 Å². The molecule has 0 unspecified atom stereocenters. The van der Waals surface area contributed by atoms with Gasteiger partial charge in [-0.15, -0.1) is 0 Å². The molecule has 2 amide bonds. The van der Waals surface area contributed by atoms with E-state index in [0.717, 1.165) is 11.3 Å². The van der Waals surface area contributed by atoms with Crippen LogP contribution in [0.2, 0.25) is 0 Å². The number of nitrogens with zero attached hydrogens (tertiary/aromatic N) is 3. The minimum atomic E-state index is -0.252. The number of carbonyl (C=O) groups is 2. The van der Waals surface area contributed by atoms with E-state index >= 15 is 0 Å². The Morgan fingerprint density at radius 2 is 1.56 bits per heavy atom. The molecule has 3 aromatic rings. The molecule has 0 spiro atoms. The number of rotatable bonds is 6. The second-order valence-electron chi connectivity index (χ2n) is 5.72. The third-order valence-corrected chi connectivity index (χ3v) is 3.58. The normalized spacial score (nSPS) is 10.1. The van der Waals surface area contributed by atoms with Crippen LogP contribution in [0.3, 0.4) is 0 Å². The zero-order valence-electron chi connectivity index (χ0n) is 14.6. The van der Waals surface area contributed by atoms with Crippen molar-refractivity contribution in [3.05, 3.63) is 72.3 Å². The maximum atomic E-state index is 12.2. The predicted octanol–water partition coefficient (Wildman–Crippen LogP) is 2.50. The zero-order chi connectivity index (χ0) is 19.1. The first-order valence-electron chi connectivity index (χ1n) is 8.24. The maximum absolute atomic E-state index is 12.2. The Morgan fingerprint density at radius 3 is 2.19 bits per heavy atom. The standard InChI is InChI=1S/C19H18N6O2/c1-13(26)24-16-2-4-17(5-3-16)25-19-22-11-15(12-23-19)18(27)21-10-14-6-8-20-9-7-14/h2-9,11-12H,10H2,1H3,(H,21,27)(H,24,26)(H,22,23,25). The van der Waals surface area contributed by atoms with E-state index in [1.54, 1.807) is 36.7 Å². The van der Waals surface area contributed by atoms with E-state index in [1.165, 1.54) is 19.3 Å². The van der Waals surface area contributed by atoms with E-state index < -0.39 is 0 Å². The number of hydrogen-bond acceptors (Lipinski definition) is 6. The lowest BCUT2D eigenvalue weighted by molar-refractivity contribution is -0.114. The molecule has 0 aliphatic heterocycles. The summed E-state index contributed by atoms with van der Waals surface area (Å²) in [7, 11) is 0. The fraction of sp³-hybridized carbons (Fsp3) is 0.105. The van der Waals surface area contributed by atoms with Crippen LogP contribution in [0.25, 0.3) is 0 Å². The quantitative estimate of drug-likeness (QED) is 0.622. The fourth-order valence-corrected chi connectivity index (χ4v) is 2.26. The van der Waals surface area contributed by atoms with Crippen molar-refractivity contribution >= 4 is 29.1 Å². The highest BCUT2D eigenvalue weighted by Gasteiger charge is 2.07. The average molecular weight is 362 g/mol. The summed E-state index contributed by atoms with van der Waals surface area (Å²) in [6.45, 7) is 1.86. The van der Waals surface area contributed by atoms with E-state index in [-0.39, 0.29) is 11.8 Å². The third-order valence-electron chi connectivity index (χ3n) is 3.58. The van der Waals surface area contributed by atoms with E-state index in [0.29, 0.717) is 23.7 Å². The number of benzene rings is 1. The van der Waals surface area contributed by atoms with Gasteiger partial charge in [0.15, 0.2) is 0 Å². The number of hydrogen-bond donors (Lipinski definition) is 3. The van der Waals surface area contributed by atoms with Crippen molar-refractivity contribution in [2.75, 3.05) is 10.6 Å². The van der Waals surface area contributed by atoms with Crippen molar-refractivity contribution in [2.24, 2.45) is 0 Å². The van der Waals surface area contributed by atoms with Crippen LogP contribution in [0.1, 0.15) is 22.8 Å². The molecular weight excluding hydrogens is 344 g/mol. The molecule has 0 saturated heterocycles. The molecule has 3 rings (SSSR count). The average Bonchev–Trinajstić information content (AvgIpc) is 2.69. The van der Waals surface area contributed by atoms with Crippen LogP contribution in [-0.2, 0) is 11.3 Å². The summed E-state index contributed by atoms with van der Waals surface area (Å²) in [5.74, 6) is -0.0113. The number of pyridine rings is 1. The van der Waals surface area contributed by atoms with Crippen LogP contribution >= 0.6 is 0 Å². The SMILES string of the molecule is CC(=O)Nc1ccc(Nc2ncc(C(=O)NCc3ccncc3)cn2)cc1. The van der Waals surface area contributed by atoms with Crippen LogP contribution in [0.15, 0.2) is 61.2 Å². The van der Waals surface area contributed by atoms with E-state index in [9.17, 15) is 9.59 Å². The molecule has 0 aliphatic rings. The minimum absolute atomic E-state index is 0.128. The number of amides is 2. The molecule has 2 heterocycles. The van der Waals surface area contributed by atoms with Gasteiger partial charge in [-0.3, -0.25) is 14.6 Å². The van der Waals surface area contributed by atoms with Crippen LogP contribution in [-0.4, -0.2) is 26.8 Å². The summed E-state index contributed by atoms with van der Waals surface area (Å²) in [6, 6.07) is 10.8. The topological polar surface area (TPSA) is 109 Å². The van der Waals surface area contributed by atoms with Crippen molar-refractivity contribution in [1.29, 1.82) is 0 Å². The molecular formula is C19H18N6O2. The second kappa shape index (κ2) is 8.52. The third kappa shape index (κ3) is 5.33. The minimum Gasteiger partial charge on any atom is -0.348 e. The molecule has 2 aromatic heterocycles. The van der Waals surface area contributed by atoms with Gasteiger partial charge in [0.25, 0.3) is 5.91 Å². The Morgan fingerprint density at radius 1 is 0.926 bits per heavy atom. The van der Waals surface area contributed by atoms with Crippen molar-refractivity contribution in [3.8, 4) is 0 Å². The van der Waals surface area contributed by atoms with Crippen molar-refractivity contribution < 1.29 is 9.59 Å². The van der Waals surface area contributed by atoms with Crippen LogP contribution in [0.4, 0.5) is 17.3 Å². The van der Waals surface area contributed by atoms with Gasteiger partial charge in [0.2, 0.25) is 11.9 Å². The summed E-state index contributed by atoms with van der Waals surface area (Å²) in [5, 5.41) is 8.53. The van der Waals surface area contributed by atoms with E-state index in [4.69, 9.17) is 0 Å². The summed E-state index contributed by atoms with van der Waals surface area (Å²) in [4.78, 5) is 35.4. The van der Waals surface area contributed by atoms with Crippen molar-refractivity contribution in [3.63, 3.8) is 0 Å². The van der Waals surface area contributed by atoms with Gasteiger partial charge in [-0.25, -0.2) is 9.97 Å². The molecule has 0 saturated carbocycles. The zero-order valence-corrected chi connectivity index (χ0v) is 14.6. The van der Waals surface area contributed by atoms with Crippen LogP contribution < -0.4 is 16.0 Å². The fourth-order valence-electron chi connectivity index (χ4n) is 2.26. The summed E-state index contributed by atoms with van der Waals surface area (Å²) < 4.78 is 0. The Balaban J connectivity index is 1.56. The number of aromatic nitrogens is 3. The van der Waals surface area contributed by atoms with Crippen molar-refractivity contribution in [1.82, 2.24) is 20.3 Å². The van der Waals surface area contributed by atoms with Gasteiger partial charge in [0.1, 0.15) is 0 Å². The van der Waals surface area contributed by atoms with Gasteiger partial charge in [-0.2, -0.15) is 0 Å². The molecule has 136 valence electrons. The first kappa shape index (κ1) is 18.0. The molecule has 0 radical (unpaired) electrons. The molecule has 0 fully saturated rings. The van der Waals surface area contributed by atoms with Crippen LogP contribution in [0.5, 0.6) is 0 Å². The van der Waals surface area contributed by atoms with E-state index in [2.05, 4.69) is 30.9 Å². The molecule has 8 heteroatoms. The molecule has 0 bridgehead atoms. The van der Waals surface area contributed by atoms with Crippen molar-refractivity contribution in [2.45, 2.75) is 13.5 Å². The van der Waals surface area contributed by atoms with Crippen LogP contribution in [0, 0.1) is 0 Å². The lowest BCUT2D eigenvalue weighted by atomic mass is 10.2. The highest BCUT2D eigenvalue weighted by atomic mass is 16.2. The Labute approximate surface area is 156 Å². The van der Waals surface area contributed by atoms with Gasteiger partial charge < -0.3 is 16.0 Å². The Hall–Kier alpha value is -3.81. The number of nitrogens with one attached hydrogen (secondary N) is 3. The van der Waals surface area contributed by atoms with E-state index in [1.807, 2.05) is 12.1 Å². The second-order valence-corrected chi connectivity index (χ2v) is 5.72. The number of anilines is 3. The number of carbonyl (C=O) groups excluding carboxylic acids is 2. The maximum Gasteiger partial charge on any atom is 0.254 e. The Bertz CT molecular complexity index is 911.